The molecule has 3 nitrogen and oxygen atoms in total. The average molecular weight is 255 g/mol. The van der Waals surface area contributed by atoms with Crippen LogP contribution in [-0.2, 0) is 6.54 Å². The molecule has 1 aliphatic heterocycles. The van der Waals surface area contributed by atoms with Gasteiger partial charge in [-0.15, -0.1) is 11.3 Å². The summed E-state index contributed by atoms with van der Waals surface area (Å²) in [6, 6.07) is 0. The zero-order valence-corrected chi connectivity index (χ0v) is 11.5. The molecule has 0 spiro atoms. The summed E-state index contributed by atoms with van der Waals surface area (Å²) in [5.74, 6) is 1.15. The fraction of sp³-hybridized carbons (Fsp3) is 0.636. The molecular formula is C11H17N3S2. The third-order valence-corrected chi connectivity index (χ3v) is 4.45. The molecule has 2 rings (SSSR count). The Morgan fingerprint density at radius 1 is 1.56 bits per heavy atom. The van der Waals surface area contributed by atoms with Gasteiger partial charge in [-0.3, -0.25) is 4.99 Å². The van der Waals surface area contributed by atoms with E-state index in [0.717, 1.165) is 23.2 Å². The monoisotopic (exact) mass is 255 g/mol. The quantitative estimate of drug-likeness (QED) is 0.883. The van der Waals surface area contributed by atoms with Crippen LogP contribution in [0, 0.1) is 6.92 Å². The van der Waals surface area contributed by atoms with Crippen LogP contribution in [0.25, 0.3) is 0 Å². The zero-order chi connectivity index (χ0) is 11.6. The number of amidine groups is 1. The molecule has 0 unspecified atom stereocenters. The second-order valence-corrected chi connectivity index (χ2v) is 6.61. The molecule has 0 amide bonds. The highest BCUT2D eigenvalue weighted by Crippen LogP contribution is 2.22. The van der Waals surface area contributed by atoms with Gasteiger partial charge in [0.05, 0.1) is 17.7 Å². The molecule has 0 radical (unpaired) electrons. The fourth-order valence-electron chi connectivity index (χ4n) is 1.50. The van der Waals surface area contributed by atoms with Gasteiger partial charge in [0.2, 0.25) is 0 Å². The van der Waals surface area contributed by atoms with E-state index >= 15 is 0 Å². The average Bonchev–Trinajstić information content (AvgIpc) is 2.60. The Balaban J connectivity index is 2.00. The van der Waals surface area contributed by atoms with Crippen molar-refractivity contribution in [2.75, 3.05) is 5.75 Å². The van der Waals surface area contributed by atoms with E-state index < -0.39 is 0 Å². The number of hydrogen-bond acceptors (Lipinski definition) is 4. The van der Waals surface area contributed by atoms with Gasteiger partial charge in [0.15, 0.2) is 5.17 Å². The van der Waals surface area contributed by atoms with Crippen LogP contribution in [0.3, 0.4) is 0 Å². The second-order valence-electron chi connectivity index (χ2n) is 4.59. The molecule has 1 aromatic rings. The van der Waals surface area contributed by atoms with E-state index in [-0.39, 0.29) is 5.54 Å². The summed E-state index contributed by atoms with van der Waals surface area (Å²) in [5, 5.41) is 4.54. The maximum atomic E-state index is 4.62. The van der Waals surface area contributed by atoms with Gasteiger partial charge >= 0.3 is 0 Å². The van der Waals surface area contributed by atoms with E-state index in [2.05, 4.69) is 29.1 Å². The predicted molar refractivity (Wildman–Crippen MR) is 72.3 cm³/mol. The Bertz CT molecular complexity index is 396. The molecule has 2 heterocycles. The molecule has 0 atom stereocenters. The number of rotatable bonds is 2. The maximum Gasteiger partial charge on any atom is 0.157 e. The fourth-order valence-corrected chi connectivity index (χ4v) is 3.51. The minimum atomic E-state index is 0.187. The lowest BCUT2D eigenvalue weighted by Crippen LogP contribution is -2.46. The van der Waals surface area contributed by atoms with Gasteiger partial charge in [-0.25, -0.2) is 4.98 Å². The topological polar surface area (TPSA) is 37.3 Å². The van der Waals surface area contributed by atoms with Crippen molar-refractivity contribution >= 4 is 28.3 Å². The Hall–Kier alpha value is -0.550. The molecule has 1 saturated heterocycles. The van der Waals surface area contributed by atoms with Crippen molar-refractivity contribution < 1.29 is 0 Å². The van der Waals surface area contributed by atoms with Crippen molar-refractivity contribution in [2.24, 2.45) is 4.99 Å². The van der Waals surface area contributed by atoms with Gasteiger partial charge in [-0.05, 0) is 27.2 Å². The largest absolute Gasteiger partial charge is 0.360 e. The van der Waals surface area contributed by atoms with Crippen molar-refractivity contribution in [3.05, 3.63) is 16.1 Å². The second kappa shape index (κ2) is 4.75. The SMILES string of the molecule is Cc1ncsc1CN=C1NC(C)(C)CCS1. The first-order valence-corrected chi connectivity index (χ1v) is 7.28. The first-order valence-electron chi connectivity index (χ1n) is 5.41. The minimum absolute atomic E-state index is 0.187. The normalized spacial score (nSPS) is 22.1. The summed E-state index contributed by atoms with van der Waals surface area (Å²) < 4.78 is 0. The van der Waals surface area contributed by atoms with Crippen molar-refractivity contribution in [1.82, 2.24) is 10.3 Å². The van der Waals surface area contributed by atoms with E-state index in [1.165, 1.54) is 11.3 Å². The molecular weight excluding hydrogens is 238 g/mol. The van der Waals surface area contributed by atoms with Crippen LogP contribution in [0.15, 0.2) is 10.5 Å². The highest BCUT2D eigenvalue weighted by molar-refractivity contribution is 8.13. The number of aryl methyl sites for hydroxylation is 1. The van der Waals surface area contributed by atoms with Gasteiger partial charge in [-0.1, -0.05) is 11.8 Å². The minimum Gasteiger partial charge on any atom is -0.360 e. The Morgan fingerprint density at radius 3 is 3.00 bits per heavy atom. The molecule has 1 N–H and O–H groups in total. The molecule has 1 fully saturated rings. The van der Waals surface area contributed by atoms with E-state index in [0.29, 0.717) is 0 Å². The highest BCUT2D eigenvalue weighted by Gasteiger charge is 2.24. The third-order valence-electron chi connectivity index (χ3n) is 2.62. The van der Waals surface area contributed by atoms with E-state index in [9.17, 15) is 0 Å². The number of aromatic nitrogens is 1. The Kier molecular flexibility index (Phi) is 3.54. The molecule has 88 valence electrons. The van der Waals surface area contributed by atoms with Gasteiger partial charge < -0.3 is 5.32 Å². The van der Waals surface area contributed by atoms with Crippen LogP contribution in [0.4, 0.5) is 0 Å². The van der Waals surface area contributed by atoms with Crippen LogP contribution >= 0.6 is 23.1 Å². The van der Waals surface area contributed by atoms with Gasteiger partial charge in [0.25, 0.3) is 0 Å². The van der Waals surface area contributed by atoms with Crippen molar-refractivity contribution in [3.63, 3.8) is 0 Å². The lowest BCUT2D eigenvalue weighted by molar-refractivity contribution is 0.446. The molecule has 5 heteroatoms. The maximum absolute atomic E-state index is 4.62. The number of nitrogens with zero attached hydrogens (tertiary/aromatic N) is 2. The summed E-state index contributed by atoms with van der Waals surface area (Å²) in [4.78, 5) is 10.1. The molecule has 1 aliphatic rings. The van der Waals surface area contributed by atoms with E-state index in [4.69, 9.17) is 0 Å². The van der Waals surface area contributed by atoms with E-state index in [1.807, 2.05) is 24.2 Å². The molecule has 0 saturated carbocycles. The molecule has 0 bridgehead atoms. The molecule has 0 aliphatic carbocycles. The van der Waals surface area contributed by atoms with Gasteiger partial charge in [0.1, 0.15) is 0 Å². The Labute approximate surface area is 105 Å². The molecule has 16 heavy (non-hydrogen) atoms. The summed E-state index contributed by atoms with van der Waals surface area (Å²) in [5.41, 5.74) is 3.18. The Morgan fingerprint density at radius 2 is 2.38 bits per heavy atom. The predicted octanol–water partition coefficient (Wildman–Crippen LogP) is 2.81. The number of nitrogens with one attached hydrogen (secondary N) is 1. The zero-order valence-electron chi connectivity index (χ0n) is 9.91. The van der Waals surface area contributed by atoms with Crippen LogP contribution in [0.5, 0.6) is 0 Å². The van der Waals surface area contributed by atoms with Crippen LogP contribution in [0.2, 0.25) is 0 Å². The lowest BCUT2D eigenvalue weighted by Gasteiger charge is -2.32. The standard InChI is InChI=1S/C11H17N3S2/c1-8-9(16-7-13-8)6-12-10-14-11(2,3)4-5-15-10/h7H,4-6H2,1-3H3,(H,12,14). The van der Waals surface area contributed by atoms with Gasteiger partial charge in [-0.2, -0.15) is 0 Å². The van der Waals surface area contributed by atoms with Crippen molar-refractivity contribution in [2.45, 2.75) is 39.3 Å². The van der Waals surface area contributed by atoms with Crippen molar-refractivity contribution in [3.8, 4) is 0 Å². The number of hydrogen-bond donors (Lipinski definition) is 1. The number of thiazole rings is 1. The molecule has 1 aromatic heterocycles. The molecule has 0 aromatic carbocycles. The highest BCUT2D eigenvalue weighted by atomic mass is 32.2. The summed E-state index contributed by atoms with van der Waals surface area (Å²) in [6.07, 6.45) is 1.19. The first kappa shape index (κ1) is 11.9. The number of thioether (sulfide) groups is 1. The summed E-state index contributed by atoms with van der Waals surface area (Å²) in [7, 11) is 0. The van der Waals surface area contributed by atoms with Gasteiger partial charge in [0, 0.05) is 16.2 Å². The summed E-state index contributed by atoms with van der Waals surface area (Å²) >= 11 is 3.50. The third kappa shape index (κ3) is 2.98. The van der Waals surface area contributed by atoms with Crippen LogP contribution in [0.1, 0.15) is 30.8 Å². The van der Waals surface area contributed by atoms with E-state index in [1.54, 1.807) is 11.3 Å². The smallest absolute Gasteiger partial charge is 0.157 e. The van der Waals surface area contributed by atoms with Crippen LogP contribution in [-0.4, -0.2) is 21.4 Å². The number of aliphatic imine (C=N–C) groups is 1. The van der Waals surface area contributed by atoms with Crippen LogP contribution < -0.4 is 5.32 Å². The van der Waals surface area contributed by atoms with Crippen molar-refractivity contribution in [1.29, 1.82) is 0 Å². The first-order chi connectivity index (χ1) is 7.57. The summed E-state index contributed by atoms with van der Waals surface area (Å²) in [6.45, 7) is 7.24. The lowest BCUT2D eigenvalue weighted by atomic mass is 10.0.